The number of benzene rings is 1. The number of esters is 1. The van der Waals surface area contributed by atoms with Crippen molar-refractivity contribution in [2.45, 2.75) is 44.0 Å². The van der Waals surface area contributed by atoms with Crippen molar-refractivity contribution in [3.8, 4) is 0 Å². The number of rotatable bonds is 8. The van der Waals surface area contributed by atoms with E-state index in [0.29, 0.717) is 31.0 Å². The number of ether oxygens (including phenoxy) is 1. The van der Waals surface area contributed by atoms with Gasteiger partial charge in [0.25, 0.3) is 0 Å². The molecule has 0 bridgehead atoms. The molecule has 9 heteroatoms. The largest absolute Gasteiger partial charge is 0.465 e. The predicted octanol–water partition coefficient (Wildman–Crippen LogP) is 4.12. The van der Waals surface area contributed by atoms with Crippen LogP contribution in [0.1, 0.15) is 43.5 Å². The van der Waals surface area contributed by atoms with Gasteiger partial charge in [-0.05, 0) is 50.0 Å². The molecule has 0 spiro atoms. The number of ketones is 1. The maximum Gasteiger partial charge on any atom is 0.327 e. The van der Waals surface area contributed by atoms with Crippen LogP contribution in [0, 0.1) is 11.7 Å². The SMILES string of the molecule is CCOC(=O)Cn1ccc(/C=C2/CN(C(C(=O)C3CC3)c3ccccc3F)CCC2S)n1.Cl. The molecular formula is C24H29ClFN3O3S. The van der Waals surface area contributed by atoms with E-state index in [2.05, 4.69) is 10.00 Å². The molecule has 1 aromatic heterocycles. The number of halogens is 2. The predicted molar refractivity (Wildman–Crippen MR) is 130 cm³/mol. The Kier molecular flexibility index (Phi) is 8.73. The minimum Gasteiger partial charge on any atom is -0.465 e. The molecule has 1 saturated carbocycles. The van der Waals surface area contributed by atoms with Crippen LogP contribution < -0.4 is 0 Å². The lowest BCUT2D eigenvalue weighted by molar-refractivity contribution is -0.144. The molecule has 2 fully saturated rings. The third-order valence-corrected chi connectivity index (χ3v) is 6.50. The maximum absolute atomic E-state index is 14.7. The van der Waals surface area contributed by atoms with Gasteiger partial charge >= 0.3 is 5.97 Å². The number of nitrogens with zero attached hydrogens (tertiary/aromatic N) is 3. The molecule has 33 heavy (non-hydrogen) atoms. The maximum atomic E-state index is 14.7. The second kappa shape index (κ2) is 11.3. The zero-order chi connectivity index (χ0) is 22.7. The molecule has 0 amide bonds. The molecule has 2 aromatic rings. The number of piperidine rings is 1. The van der Waals surface area contributed by atoms with Gasteiger partial charge in [0.1, 0.15) is 12.4 Å². The molecule has 2 heterocycles. The fourth-order valence-corrected chi connectivity index (χ4v) is 4.42. The summed E-state index contributed by atoms with van der Waals surface area (Å²) >= 11 is 4.74. The summed E-state index contributed by atoms with van der Waals surface area (Å²) in [7, 11) is 0. The fraction of sp³-hybridized carbons (Fsp3) is 0.458. The van der Waals surface area contributed by atoms with Gasteiger partial charge in [-0.15, -0.1) is 12.4 Å². The van der Waals surface area contributed by atoms with Crippen molar-refractivity contribution in [3.05, 3.63) is 59.2 Å². The van der Waals surface area contributed by atoms with Crippen LogP contribution >= 0.6 is 25.0 Å². The summed E-state index contributed by atoms with van der Waals surface area (Å²) in [6.45, 7) is 3.33. The summed E-state index contributed by atoms with van der Waals surface area (Å²) < 4.78 is 21.2. The number of carbonyl (C=O) groups is 2. The number of likely N-dealkylation sites (tertiary alicyclic amines) is 1. The first-order chi connectivity index (χ1) is 15.5. The van der Waals surface area contributed by atoms with Crippen LogP contribution in [0.25, 0.3) is 6.08 Å². The van der Waals surface area contributed by atoms with E-state index in [1.165, 1.54) is 10.7 Å². The molecule has 1 aliphatic carbocycles. The minimum absolute atomic E-state index is 0. The van der Waals surface area contributed by atoms with Gasteiger partial charge in [-0.25, -0.2) is 4.39 Å². The van der Waals surface area contributed by atoms with Crippen molar-refractivity contribution in [1.29, 1.82) is 0 Å². The van der Waals surface area contributed by atoms with E-state index >= 15 is 0 Å². The molecule has 1 saturated heterocycles. The molecule has 1 aliphatic heterocycles. The summed E-state index contributed by atoms with van der Waals surface area (Å²) in [5.74, 6) is -0.551. The van der Waals surface area contributed by atoms with Crippen molar-refractivity contribution in [3.63, 3.8) is 0 Å². The first-order valence-electron chi connectivity index (χ1n) is 11.1. The number of Topliss-reactive ketones (excluding diaryl/α,β-unsaturated/α-hetero) is 1. The third-order valence-electron chi connectivity index (χ3n) is 5.91. The molecular weight excluding hydrogens is 465 g/mol. The van der Waals surface area contributed by atoms with Crippen molar-refractivity contribution in [2.75, 3.05) is 19.7 Å². The molecule has 6 nitrogen and oxygen atoms in total. The molecule has 0 radical (unpaired) electrons. The van der Waals surface area contributed by atoms with Gasteiger partial charge in [0, 0.05) is 36.0 Å². The smallest absolute Gasteiger partial charge is 0.327 e. The Labute approximate surface area is 205 Å². The Morgan fingerprint density at radius 3 is 2.73 bits per heavy atom. The van der Waals surface area contributed by atoms with E-state index < -0.39 is 6.04 Å². The molecule has 178 valence electrons. The van der Waals surface area contributed by atoms with Gasteiger partial charge < -0.3 is 4.74 Å². The summed E-state index contributed by atoms with van der Waals surface area (Å²) in [6, 6.07) is 7.80. The van der Waals surface area contributed by atoms with Gasteiger partial charge in [-0.1, -0.05) is 18.2 Å². The number of thiol groups is 1. The van der Waals surface area contributed by atoms with Gasteiger partial charge in [0.15, 0.2) is 5.78 Å². The Hall–Kier alpha value is -2.16. The Bertz CT molecular complexity index is 1020. The fourth-order valence-electron chi connectivity index (χ4n) is 4.14. The van der Waals surface area contributed by atoms with Crippen LogP contribution in [0.2, 0.25) is 0 Å². The van der Waals surface area contributed by atoms with E-state index in [1.54, 1.807) is 31.3 Å². The molecule has 0 N–H and O–H groups in total. The van der Waals surface area contributed by atoms with E-state index in [-0.39, 0.29) is 47.7 Å². The van der Waals surface area contributed by atoms with Gasteiger partial charge in [-0.3, -0.25) is 19.2 Å². The summed E-state index contributed by atoms with van der Waals surface area (Å²) in [5.41, 5.74) is 2.17. The average Bonchev–Trinajstić information content (AvgIpc) is 3.53. The van der Waals surface area contributed by atoms with Gasteiger partial charge in [0.05, 0.1) is 18.3 Å². The second-order valence-electron chi connectivity index (χ2n) is 8.34. The van der Waals surface area contributed by atoms with Crippen molar-refractivity contribution in [2.24, 2.45) is 5.92 Å². The van der Waals surface area contributed by atoms with E-state index in [9.17, 15) is 14.0 Å². The first kappa shape index (κ1) is 25.5. The average molecular weight is 494 g/mol. The van der Waals surface area contributed by atoms with Gasteiger partial charge in [-0.2, -0.15) is 17.7 Å². The van der Waals surface area contributed by atoms with Crippen LogP contribution in [-0.2, 0) is 20.9 Å². The standard InChI is InChI=1S/C24H28FN3O3S.ClH/c1-2-31-22(29)15-28-12-9-18(26-28)13-17-14-27(11-10-21(17)32)23(24(30)16-7-8-16)19-5-3-4-6-20(19)25;/h3-6,9,12-13,16,21,23,32H,2,7-8,10-11,14-15H2,1H3;1H/b17-13-;. The van der Waals surface area contributed by atoms with Gasteiger partial charge in [0.2, 0.25) is 0 Å². The normalized spacial score (nSPS) is 20.8. The highest BCUT2D eigenvalue weighted by molar-refractivity contribution is 7.81. The topological polar surface area (TPSA) is 64.4 Å². The van der Waals surface area contributed by atoms with Crippen LogP contribution in [0.4, 0.5) is 4.39 Å². The highest BCUT2D eigenvalue weighted by atomic mass is 35.5. The summed E-state index contributed by atoms with van der Waals surface area (Å²) in [4.78, 5) is 26.9. The Morgan fingerprint density at radius 2 is 2.03 bits per heavy atom. The first-order valence-corrected chi connectivity index (χ1v) is 11.6. The van der Waals surface area contributed by atoms with Crippen LogP contribution in [0.5, 0.6) is 0 Å². The number of hydrogen-bond donors (Lipinski definition) is 1. The molecule has 4 rings (SSSR count). The summed E-state index contributed by atoms with van der Waals surface area (Å²) in [5, 5.41) is 4.46. The van der Waals surface area contributed by atoms with Crippen LogP contribution in [0.3, 0.4) is 0 Å². The van der Waals surface area contributed by atoms with E-state index in [4.69, 9.17) is 17.4 Å². The van der Waals surface area contributed by atoms with Crippen LogP contribution in [0.15, 0.2) is 42.1 Å². The van der Waals surface area contributed by atoms with Crippen LogP contribution in [-0.4, -0.2) is 51.4 Å². The third kappa shape index (κ3) is 6.25. The van der Waals surface area contributed by atoms with Crippen molar-refractivity contribution >= 4 is 42.9 Å². The quantitative estimate of drug-likeness (QED) is 0.443. The lowest BCUT2D eigenvalue weighted by atomic mass is 9.93. The zero-order valence-corrected chi connectivity index (χ0v) is 20.2. The molecule has 2 atom stereocenters. The van der Waals surface area contributed by atoms with Crippen molar-refractivity contribution in [1.82, 2.24) is 14.7 Å². The monoisotopic (exact) mass is 493 g/mol. The highest BCUT2D eigenvalue weighted by Gasteiger charge is 2.40. The Morgan fingerprint density at radius 1 is 1.27 bits per heavy atom. The zero-order valence-electron chi connectivity index (χ0n) is 18.5. The molecule has 2 aliphatic rings. The van der Waals surface area contributed by atoms with Crippen molar-refractivity contribution < 1.29 is 18.7 Å². The lowest BCUT2D eigenvalue weighted by Gasteiger charge is -2.37. The number of carbonyl (C=O) groups excluding carboxylic acids is 2. The summed E-state index contributed by atoms with van der Waals surface area (Å²) in [6.07, 6.45) is 6.20. The molecule has 1 aromatic carbocycles. The number of aromatic nitrogens is 2. The molecule has 2 unspecified atom stereocenters. The van der Waals surface area contributed by atoms with E-state index in [0.717, 1.165) is 24.8 Å². The number of hydrogen-bond acceptors (Lipinski definition) is 6. The Balaban J connectivity index is 0.00000306. The second-order valence-corrected chi connectivity index (χ2v) is 8.96. The lowest BCUT2D eigenvalue weighted by Crippen LogP contribution is -2.42. The highest BCUT2D eigenvalue weighted by Crippen LogP contribution is 2.39. The minimum atomic E-state index is -0.589. The van der Waals surface area contributed by atoms with E-state index in [1.807, 2.05) is 12.1 Å².